The Labute approximate surface area is 134 Å². The fourth-order valence-corrected chi connectivity index (χ4v) is 2.36. The van der Waals surface area contributed by atoms with E-state index in [2.05, 4.69) is 12.1 Å². The highest BCUT2D eigenvalue weighted by Gasteiger charge is 2.29. The van der Waals surface area contributed by atoms with E-state index in [0.717, 1.165) is 11.3 Å². The lowest BCUT2D eigenvalue weighted by Gasteiger charge is -2.11. The molecule has 2 aromatic carbocycles. The molecule has 0 bridgehead atoms. The van der Waals surface area contributed by atoms with E-state index >= 15 is 0 Å². The zero-order chi connectivity index (χ0) is 16.1. The Balaban J connectivity index is 1.54. The lowest BCUT2D eigenvalue weighted by atomic mass is 10.1. The molecule has 23 heavy (non-hydrogen) atoms. The van der Waals surface area contributed by atoms with Crippen LogP contribution in [0.1, 0.15) is 15.9 Å². The van der Waals surface area contributed by atoms with E-state index < -0.39 is 6.09 Å². The van der Waals surface area contributed by atoms with Crippen molar-refractivity contribution in [1.82, 2.24) is 4.90 Å². The molecule has 2 aromatic rings. The Morgan fingerprint density at radius 3 is 2.48 bits per heavy atom. The smallest absolute Gasteiger partial charge is 0.416 e. The molecular weight excluding hydrogens is 294 g/mol. The van der Waals surface area contributed by atoms with Gasteiger partial charge >= 0.3 is 6.09 Å². The number of benzene rings is 2. The van der Waals surface area contributed by atoms with Gasteiger partial charge in [-0.3, -0.25) is 4.79 Å². The van der Waals surface area contributed by atoms with E-state index in [0.29, 0.717) is 24.5 Å². The van der Waals surface area contributed by atoms with E-state index in [-0.39, 0.29) is 12.5 Å². The van der Waals surface area contributed by atoms with E-state index in [4.69, 9.17) is 9.47 Å². The van der Waals surface area contributed by atoms with Crippen LogP contribution >= 0.6 is 0 Å². The summed E-state index contributed by atoms with van der Waals surface area (Å²) in [5.41, 5.74) is 1.66. The maximum absolute atomic E-state index is 12.2. The molecule has 0 radical (unpaired) electrons. The van der Waals surface area contributed by atoms with Gasteiger partial charge in [0.25, 0.3) is 5.91 Å². The number of amides is 2. The summed E-state index contributed by atoms with van der Waals surface area (Å²) in [7, 11) is 0. The minimum Gasteiger partial charge on any atom is -0.493 e. The van der Waals surface area contributed by atoms with Crippen molar-refractivity contribution in [3.63, 3.8) is 0 Å². The standard InChI is InChI=1S/C18H17NO4/c20-17(19-11-13-23-18(19)21)15-6-8-16(9-7-15)22-12-10-14-4-2-1-3-5-14/h1-9H,10-13H2. The molecule has 0 atom stereocenters. The molecule has 5 nitrogen and oxygen atoms in total. The van der Waals surface area contributed by atoms with Crippen molar-refractivity contribution in [1.29, 1.82) is 0 Å². The molecule has 1 saturated heterocycles. The Morgan fingerprint density at radius 2 is 1.83 bits per heavy atom. The molecule has 0 N–H and O–H groups in total. The van der Waals surface area contributed by atoms with Crippen LogP contribution in [0.2, 0.25) is 0 Å². The number of cyclic esters (lactones) is 1. The minimum absolute atomic E-state index is 0.255. The first kappa shape index (κ1) is 15.1. The molecule has 3 rings (SSSR count). The van der Waals surface area contributed by atoms with Crippen LogP contribution in [-0.2, 0) is 11.2 Å². The molecule has 1 heterocycles. The summed E-state index contributed by atoms with van der Waals surface area (Å²) in [5, 5.41) is 0. The van der Waals surface area contributed by atoms with Gasteiger partial charge in [0.15, 0.2) is 0 Å². The van der Waals surface area contributed by atoms with Gasteiger partial charge in [0, 0.05) is 12.0 Å². The molecule has 1 fully saturated rings. The Morgan fingerprint density at radius 1 is 1.09 bits per heavy atom. The van der Waals surface area contributed by atoms with Crippen LogP contribution in [0.5, 0.6) is 5.75 Å². The number of nitrogens with zero attached hydrogens (tertiary/aromatic N) is 1. The van der Waals surface area contributed by atoms with Crippen molar-refractivity contribution < 1.29 is 19.1 Å². The second-order valence-electron chi connectivity index (χ2n) is 5.18. The molecule has 0 unspecified atom stereocenters. The highest BCUT2D eigenvalue weighted by Crippen LogP contribution is 2.16. The molecular formula is C18H17NO4. The summed E-state index contributed by atoms with van der Waals surface area (Å²) in [4.78, 5) is 24.6. The van der Waals surface area contributed by atoms with Crippen molar-refractivity contribution in [2.24, 2.45) is 0 Å². The molecule has 1 aliphatic heterocycles. The fourth-order valence-electron chi connectivity index (χ4n) is 2.36. The van der Waals surface area contributed by atoms with Crippen LogP contribution < -0.4 is 4.74 Å². The zero-order valence-electron chi connectivity index (χ0n) is 12.6. The predicted molar refractivity (Wildman–Crippen MR) is 84.5 cm³/mol. The predicted octanol–water partition coefficient (Wildman–Crippen LogP) is 2.90. The third-order valence-electron chi connectivity index (χ3n) is 3.61. The molecule has 5 heteroatoms. The van der Waals surface area contributed by atoms with Gasteiger partial charge in [-0.25, -0.2) is 9.69 Å². The maximum Gasteiger partial charge on any atom is 0.416 e. The van der Waals surface area contributed by atoms with E-state index in [1.165, 1.54) is 5.56 Å². The van der Waals surface area contributed by atoms with Crippen molar-refractivity contribution in [3.05, 3.63) is 65.7 Å². The van der Waals surface area contributed by atoms with Crippen LogP contribution in [0.3, 0.4) is 0 Å². The second-order valence-corrected chi connectivity index (χ2v) is 5.18. The normalized spacial score (nSPS) is 13.7. The van der Waals surface area contributed by atoms with Gasteiger partial charge in [-0.2, -0.15) is 0 Å². The lowest BCUT2D eigenvalue weighted by Crippen LogP contribution is -2.31. The van der Waals surface area contributed by atoms with Crippen molar-refractivity contribution in [3.8, 4) is 5.75 Å². The van der Waals surface area contributed by atoms with Crippen LogP contribution in [0.4, 0.5) is 4.79 Å². The van der Waals surface area contributed by atoms with Crippen LogP contribution in [0.15, 0.2) is 54.6 Å². The van der Waals surface area contributed by atoms with E-state index in [1.807, 2.05) is 18.2 Å². The zero-order valence-corrected chi connectivity index (χ0v) is 12.6. The molecule has 118 valence electrons. The SMILES string of the molecule is O=C1OCCN1C(=O)c1ccc(OCCc2ccccc2)cc1. The van der Waals surface area contributed by atoms with Gasteiger partial charge in [0.2, 0.25) is 0 Å². The lowest BCUT2D eigenvalue weighted by molar-refractivity contribution is 0.0810. The summed E-state index contributed by atoms with van der Waals surface area (Å²) in [6, 6.07) is 16.9. The number of ether oxygens (including phenoxy) is 2. The van der Waals surface area contributed by atoms with Crippen LogP contribution in [-0.4, -0.2) is 36.7 Å². The summed E-state index contributed by atoms with van der Waals surface area (Å²) >= 11 is 0. The Hall–Kier alpha value is -2.82. The Bertz CT molecular complexity index is 682. The van der Waals surface area contributed by atoms with Crippen molar-refractivity contribution in [2.75, 3.05) is 19.8 Å². The fraction of sp³-hybridized carbons (Fsp3) is 0.222. The third kappa shape index (κ3) is 3.69. The molecule has 2 amide bonds. The Kier molecular flexibility index (Phi) is 4.57. The average molecular weight is 311 g/mol. The van der Waals surface area contributed by atoms with E-state index in [9.17, 15) is 9.59 Å². The number of carbonyl (C=O) groups excluding carboxylic acids is 2. The maximum atomic E-state index is 12.2. The van der Waals surface area contributed by atoms with Crippen LogP contribution in [0.25, 0.3) is 0 Å². The van der Waals surface area contributed by atoms with E-state index in [1.54, 1.807) is 24.3 Å². The van der Waals surface area contributed by atoms with Crippen molar-refractivity contribution >= 4 is 12.0 Å². The topological polar surface area (TPSA) is 55.8 Å². The first-order valence-corrected chi connectivity index (χ1v) is 7.49. The number of rotatable bonds is 5. The monoisotopic (exact) mass is 311 g/mol. The number of carbonyl (C=O) groups is 2. The van der Waals surface area contributed by atoms with Gasteiger partial charge in [-0.05, 0) is 29.8 Å². The molecule has 0 aliphatic carbocycles. The largest absolute Gasteiger partial charge is 0.493 e. The molecule has 0 aromatic heterocycles. The number of hydrogen-bond donors (Lipinski definition) is 0. The first-order chi connectivity index (χ1) is 11.2. The van der Waals surface area contributed by atoms with Gasteiger partial charge in [-0.1, -0.05) is 30.3 Å². The molecule has 0 saturated carbocycles. The third-order valence-corrected chi connectivity index (χ3v) is 3.61. The molecule has 1 aliphatic rings. The highest BCUT2D eigenvalue weighted by molar-refractivity contribution is 6.03. The average Bonchev–Trinajstić information content (AvgIpc) is 3.02. The van der Waals surface area contributed by atoms with Gasteiger partial charge in [0.1, 0.15) is 12.4 Å². The van der Waals surface area contributed by atoms with Gasteiger partial charge < -0.3 is 9.47 Å². The second kappa shape index (κ2) is 6.96. The summed E-state index contributed by atoms with van der Waals surface area (Å²) < 4.78 is 10.4. The van der Waals surface area contributed by atoms with Crippen molar-refractivity contribution in [2.45, 2.75) is 6.42 Å². The first-order valence-electron chi connectivity index (χ1n) is 7.49. The molecule has 0 spiro atoms. The van der Waals surface area contributed by atoms with Gasteiger partial charge in [0.05, 0.1) is 13.2 Å². The number of imide groups is 1. The highest BCUT2D eigenvalue weighted by atomic mass is 16.6. The summed E-state index contributed by atoms with van der Waals surface area (Å²) in [5.74, 6) is 0.352. The number of hydrogen-bond acceptors (Lipinski definition) is 4. The van der Waals surface area contributed by atoms with Gasteiger partial charge in [-0.15, -0.1) is 0 Å². The quantitative estimate of drug-likeness (QED) is 0.852. The summed E-state index contributed by atoms with van der Waals surface area (Å²) in [6.45, 7) is 1.12. The summed E-state index contributed by atoms with van der Waals surface area (Å²) in [6.07, 6.45) is 0.236. The minimum atomic E-state index is -0.585. The van der Waals surface area contributed by atoms with Crippen LogP contribution in [0, 0.1) is 0 Å².